The van der Waals surface area contributed by atoms with Gasteiger partial charge in [-0.15, -0.1) is 0 Å². The second-order valence-corrected chi connectivity index (χ2v) is 9.58. The molecule has 0 spiro atoms. The Morgan fingerprint density at radius 3 is 2.05 bits per heavy atom. The summed E-state index contributed by atoms with van der Waals surface area (Å²) in [6.45, 7) is 0.402. The van der Waals surface area contributed by atoms with Crippen LogP contribution in [0.4, 0.5) is 22.0 Å². The standard InChI is InChI=1S/C28H22N8O6/c1-42-23-12-6-20(7-13-23)28-24-25(33(17-31-24)14-18-2-8-21(9-3-18)35(38)39)29-16-30-26(28)34(27(37)32-28)15-19-4-10-22(11-5-19)36(40)41/h2-13,16-17H,14-15H2,1H3,(H,32,37). The molecule has 0 aliphatic carbocycles. The number of aliphatic imine (C=N–C) groups is 2. The van der Waals surface area contributed by atoms with Crippen LogP contribution in [0.5, 0.6) is 5.75 Å². The molecule has 0 saturated carbocycles. The number of benzene rings is 3. The van der Waals surface area contributed by atoms with Crippen LogP contribution < -0.4 is 10.1 Å². The molecule has 4 aromatic rings. The highest BCUT2D eigenvalue weighted by Gasteiger charge is 2.55. The smallest absolute Gasteiger partial charge is 0.324 e. The van der Waals surface area contributed by atoms with Gasteiger partial charge in [-0.25, -0.2) is 19.8 Å². The number of nitrogens with zero attached hydrogens (tertiary/aromatic N) is 7. The van der Waals surface area contributed by atoms with E-state index in [1.807, 2.05) is 12.1 Å². The van der Waals surface area contributed by atoms with Crippen molar-refractivity contribution in [3.05, 3.63) is 122 Å². The molecule has 1 aromatic heterocycles. The topological polar surface area (TPSA) is 170 Å². The average Bonchev–Trinajstić information content (AvgIpc) is 3.46. The molecule has 1 saturated heterocycles. The SMILES string of the molecule is COc1ccc(C23NC(=O)N(Cc4ccc([N+](=O)[O-])cc4)C2=NC=Nc2c3ncn2Cc2ccc([N+](=O)[O-])cc2)cc1. The van der Waals surface area contributed by atoms with Gasteiger partial charge in [-0.05, 0) is 28.8 Å². The van der Waals surface area contributed by atoms with Crippen molar-refractivity contribution in [2.24, 2.45) is 9.98 Å². The minimum atomic E-state index is -1.32. The zero-order valence-corrected chi connectivity index (χ0v) is 22.1. The molecular weight excluding hydrogens is 544 g/mol. The second-order valence-electron chi connectivity index (χ2n) is 9.58. The first-order valence-electron chi connectivity index (χ1n) is 12.7. The van der Waals surface area contributed by atoms with E-state index in [0.29, 0.717) is 40.8 Å². The number of rotatable bonds is 8. The van der Waals surface area contributed by atoms with Crippen LogP contribution in [0.1, 0.15) is 22.4 Å². The Morgan fingerprint density at radius 2 is 1.48 bits per heavy atom. The first kappa shape index (κ1) is 26.3. The van der Waals surface area contributed by atoms with Crippen molar-refractivity contribution in [1.82, 2.24) is 19.8 Å². The number of amidine groups is 1. The number of urea groups is 1. The first-order valence-corrected chi connectivity index (χ1v) is 12.7. The lowest BCUT2D eigenvalue weighted by Crippen LogP contribution is -2.45. The van der Waals surface area contributed by atoms with Gasteiger partial charge in [0.15, 0.2) is 17.2 Å². The lowest BCUT2D eigenvalue weighted by molar-refractivity contribution is -0.385. The fourth-order valence-electron chi connectivity index (χ4n) is 5.09. The summed E-state index contributed by atoms with van der Waals surface area (Å²) in [4.78, 5) is 50.2. The monoisotopic (exact) mass is 566 g/mol. The van der Waals surface area contributed by atoms with Crippen LogP contribution in [-0.2, 0) is 18.6 Å². The number of ether oxygens (including phenoxy) is 1. The van der Waals surface area contributed by atoms with E-state index in [1.54, 1.807) is 54.4 Å². The highest BCUT2D eigenvalue weighted by molar-refractivity contribution is 6.15. The van der Waals surface area contributed by atoms with Crippen molar-refractivity contribution >= 4 is 35.4 Å². The van der Waals surface area contributed by atoms with E-state index in [1.165, 1.54) is 35.5 Å². The summed E-state index contributed by atoms with van der Waals surface area (Å²) in [5, 5.41) is 25.3. The number of amides is 2. The molecule has 1 N–H and O–H groups in total. The molecule has 42 heavy (non-hydrogen) atoms. The third-order valence-electron chi connectivity index (χ3n) is 7.17. The fourth-order valence-corrected chi connectivity index (χ4v) is 5.09. The zero-order valence-electron chi connectivity index (χ0n) is 22.1. The maximum Gasteiger partial charge on any atom is 0.324 e. The summed E-state index contributed by atoms with van der Waals surface area (Å²) >= 11 is 0. The maximum atomic E-state index is 13.6. The maximum absolute atomic E-state index is 13.6. The molecule has 0 radical (unpaired) electrons. The predicted molar refractivity (Wildman–Crippen MR) is 151 cm³/mol. The lowest BCUT2D eigenvalue weighted by Gasteiger charge is -2.28. The number of aromatic nitrogens is 2. The van der Waals surface area contributed by atoms with E-state index in [9.17, 15) is 25.0 Å². The predicted octanol–water partition coefficient (Wildman–Crippen LogP) is 4.30. The Hall–Kier alpha value is -5.92. The van der Waals surface area contributed by atoms with Crippen molar-refractivity contribution in [3.63, 3.8) is 0 Å². The number of nitro benzene ring substituents is 2. The largest absolute Gasteiger partial charge is 0.497 e. The molecule has 1 fully saturated rings. The fraction of sp³-hybridized carbons (Fsp3) is 0.143. The molecule has 210 valence electrons. The van der Waals surface area contributed by atoms with Gasteiger partial charge in [-0.2, -0.15) is 0 Å². The van der Waals surface area contributed by atoms with Crippen molar-refractivity contribution in [2.45, 2.75) is 18.6 Å². The number of carbonyl (C=O) groups excluding carboxylic acids is 1. The van der Waals surface area contributed by atoms with Crippen LogP contribution in [0, 0.1) is 20.2 Å². The molecule has 14 nitrogen and oxygen atoms in total. The Kier molecular flexibility index (Phi) is 6.41. The van der Waals surface area contributed by atoms with Gasteiger partial charge in [0.05, 0.1) is 36.4 Å². The van der Waals surface area contributed by atoms with Gasteiger partial charge in [0.2, 0.25) is 0 Å². The number of carbonyl (C=O) groups is 1. The minimum Gasteiger partial charge on any atom is -0.497 e. The van der Waals surface area contributed by atoms with E-state index in [0.717, 1.165) is 5.56 Å². The number of fused-ring (bicyclic) bond motifs is 3. The molecule has 3 aromatic carbocycles. The Balaban J connectivity index is 1.43. The molecule has 0 bridgehead atoms. The van der Waals surface area contributed by atoms with Crippen LogP contribution in [0.15, 0.2) is 89.1 Å². The number of non-ortho nitro benzene ring substituents is 2. The zero-order chi connectivity index (χ0) is 29.4. The molecule has 1 atom stereocenters. The number of hydrogen-bond donors (Lipinski definition) is 1. The van der Waals surface area contributed by atoms with Crippen molar-refractivity contribution < 1.29 is 19.4 Å². The number of nitro groups is 2. The van der Waals surface area contributed by atoms with E-state index in [2.05, 4.69) is 15.3 Å². The third kappa shape index (κ3) is 4.40. The highest BCUT2D eigenvalue weighted by Crippen LogP contribution is 2.42. The van der Waals surface area contributed by atoms with Crippen molar-refractivity contribution in [3.8, 4) is 5.75 Å². The summed E-state index contributed by atoms with van der Waals surface area (Å²) in [5.74, 6) is 1.40. The normalized spacial score (nSPS) is 17.1. The molecule has 6 rings (SSSR count). The van der Waals surface area contributed by atoms with Crippen LogP contribution >= 0.6 is 0 Å². The molecule has 2 aliphatic heterocycles. The third-order valence-corrected chi connectivity index (χ3v) is 7.17. The van der Waals surface area contributed by atoms with E-state index in [4.69, 9.17) is 9.72 Å². The molecule has 2 amide bonds. The summed E-state index contributed by atoms with van der Waals surface area (Å²) < 4.78 is 7.12. The van der Waals surface area contributed by atoms with Gasteiger partial charge >= 0.3 is 6.03 Å². The molecule has 3 heterocycles. The summed E-state index contributed by atoms with van der Waals surface area (Å²) in [6, 6.07) is 18.9. The van der Waals surface area contributed by atoms with Crippen LogP contribution in [0.25, 0.3) is 0 Å². The van der Waals surface area contributed by atoms with Gasteiger partial charge in [-0.1, -0.05) is 36.4 Å². The summed E-state index contributed by atoms with van der Waals surface area (Å²) in [7, 11) is 1.56. The van der Waals surface area contributed by atoms with Gasteiger partial charge in [0, 0.05) is 24.3 Å². The summed E-state index contributed by atoms with van der Waals surface area (Å²) in [5.41, 5.74) is 1.15. The molecule has 1 unspecified atom stereocenters. The minimum absolute atomic E-state index is 0.0143. The second kappa shape index (κ2) is 10.2. The van der Waals surface area contributed by atoms with Crippen molar-refractivity contribution in [2.75, 3.05) is 7.11 Å². The van der Waals surface area contributed by atoms with Gasteiger partial charge in [0.1, 0.15) is 17.8 Å². The highest BCUT2D eigenvalue weighted by atomic mass is 16.6. The number of hydrogen-bond acceptors (Lipinski definition) is 9. The lowest BCUT2D eigenvalue weighted by atomic mass is 9.85. The van der Waals surface area contributed by atoms with E-state index in [-0.39, 0.29) is 17.9 Å². The molecule has 14 heteroatoms. The molecular formula is C28H22N8O6. The van der Waals surface area contributed by atoms with Gasteiger partial charge < -0.3 is 14.6 Å². The number of methoxy groups -OCH3 is 1. The van der Waals surface area contributed by atoms with E-state index >= 15 is 0 Å². The first-order chi connectivity index (χ1) is 20.3. The Bertz CT molecular complexity index is 1760. The Labute approximate surface area is 237 Å². The molecule has 2 aliphatic rings. The van der Waals surface area contributed by atoms with Crippen LogP contribution in [0.2, 0.25) is 0 Å². The van der Waals surface area contributed by atoms with Crippen LogP contribution in [0.3, 0.4) is 0 Å². The summed E-state index contributed by atoms with van der Waals surface area (Å²) in [6.07, 6.45) is 2.96. The van der Waals surface area contributed by atoms with E-state index < -0.39 is 21.4 Å². The average molecular weight is 567 g/mol. The Morgan fingerprint density at radius 1 is 0.881 bits per heavy atom. The van der Waals surface area contributed by atoms with Gasteiger partial charge in [0.25, 0.3) is 11.4 Å². The quantitative estimate of drug-likeness (QED) is 0.245. The van der Waals surface area contributed by atoms with Crippen LogP contribution in [-0.4, -0.2) is 49.6 Å². The van der Waals surface area contributed by atoms with Gasteiger partial charge in [-0.3, -0.25) is 25.1 Å². The number of imidazole rings is 1. The van der Waals surface area contributed by atoms with Crippen molar-refractivity contribution in [1.29, 1.82) is 0 Å². The number of nitrogens with one attached hydrogen (secondary N) is 1.